The minimum absolute atomic E-state index is 0.210. The van der Waals surface area contributed by atoms with Gasteiger partial charge < -0.3 is 15.0 Å². The number of rotatable bonds is 3. The van der Waals surface area contributed by atoms with Crippen molar-refractivity contribution in [3.8, 4) is 0 Å². The molecule has 2 rings (SSSR count). The molecular formula is C11H19N3O2. The summed E-state index contributed by atoms with van der Waals surface area (Å²) < 4.78 is 10.5. The predicted molar refractivity (Wildman–Crippen MR) is 58.8 cm³/mol. The number of nitrogens with zero attached hydrogens (tertiary/aromatic N) is 2. The number of ether oxygens (including phenoxy) is 1. The molecule has 1 aromatic heterocycles. The van der Waals surface area contributed by atoms with Crippen LogP contribution in [-0.2, 0) is 16.7 Å². The van der Waals surface area contributed by atoms with Crippen molar-refractivity contribution in [1.29, 1.82) is 0 Å². The highest BCUT2D eigenvalue weighted by atomic mass is 16.5. The fourth-order valence-electron chi connectivity index (χ4n) is 2.26. The Bertz CT molecular complexity index is 353. The van der Waals surface area contributed by atoms with E-state index in [1.807, 2.05) is 6.92 Å². The van der Waals surface area contributed by atoms with E-state index in [-0.39, 0.29) is 6.10 Å². The lowest BCUT2D eigenvalue weighted by atomic mass is 9.80. The molecule has 5 heteroatoms. The molecule has 1 aromatic rings. The third-order valence-electron chi connectivity index (χ3n) is 3.29. The molecule has 5 nitrogen and oxygen atoms in total. The molecule has 2 atom stereocenters. The van der Waals surface area contributed by atoms with Gasteiger partial charge in [-0.3, -0.25) is 0 Å². The molecule has 1 aliphatic rings. The predicted octanol–water partition coefficient (Wildman–Crippen LogP) is 1.38. The fourth-order valence-corrected chi connectivity index (χ4v) is 2.26. The summed E-state index contributed by atoms with van der Waals surface area (Å²) in [6.45, 7) is 1.99. The van der Waals surface area contributed by atoms with E-state index in [2.05, 4.69) is 10.1 Å². The Morgan fingerprint density at radius 2 is 2.44 bits per heavy atom. The maximum Gasteiger partial charge on any atom is 0.226 e. The Labute approximate surface area is 95.3 Å². The molecular weight excluding hydrogens is 206 g/mol. The minimum atomic E-state index is -0.476. The van der Waals surface area contributed by atoms with E-state index in [1.54, 1.807) is 7.11 Å². The molecule has 0 spiro atoms. The summed E-state index contributed by atoms with van der Waals surface area (Å²) in [6, 6.07) is 0. The molecule has 0 aliphatic heterocycles. The van der Waals surface area contributed by atoms with Crippen molar-refractivity contribution in [2.45, 2.75) is 50.7 Å². The summed E-state index contributed by atoms with van der Waals surface area (Å²) in [5.74, 6) is 1.28. The first-order valence-corrected chi connectivity index (χ1v) is 5.82. The summed E-state index contributed by atoms with van der Waals surface area (Å²) >= 11 is 0. The fraction of sp³-hybridized carbons (Fsp3) is 0.818. The monoisotopic (exact) mass is 225 g/mol. The topological polar surface area (TPSA) is 74.2 Å². The van der Waals surface area contributed by atoms with Crippen molar-refractivity contribution < 1.29 is 9.26 Å². The normalized spacial score (nSPS) is 30.6. The van der Waals surface area contributed by atoms with Crippen LogP contribution in [0.25, 0.3) is 0 Å². The Morgan fingerprint density at radius 1 is 1.62 bits per heavy atom. The first kappa shape index (κ1) is 11.5. The molecule has 0 saturated heterocycles. The summed E-state index contributed by atoms with van der Waals surface area (Å²) in [5.41, 5.74) is 5.87. The molecule has 0 amide bonds. The quantitative estimate of drug-likeness (QED) is 0.841. The van der Waals surface area contributed by atoms with Gasteiger partial charge in [0, 0.05) is 13.5 Å². The average Bonchev–Trinajstić information content (AvgIpc) is 2.78. The largest absolute Gasteiger partial charge is 0.381 e. The highest BCUT2D eigenvalue weighted by molar-refractivity contribution is 5.06. The molecule has 16 heavy (non-hydrogen) atoms. The van der Waals surface area contributed by atoms with Gasteiger partial charge in [0.2, 0.25) is 5.89 Å². The van der Waals surface area contributed by atoms with E-state index in [9.17, 15) is 0 Å². The average molecular weight is 225 g/mol. The van der Waals surface area contributed by atoms with Crippen LogP contribution in [-0.4, -0.2) is 23.4 Å². The molecule has 1 saturated carbocycles. The molecule has 2 unspecified atom stereocenters. The second-order valence-electron chi connectivity index (χ2n) is 4.48. The van der Waals surface area contributed by atoms with Crippen LogP contribution in [0.1, 0.15) is 44.3 Å². The van der Waals surface area contributed by atoms with Gasteiger partial charge in [-0.2, -0.15) is 4.98 Å². The van der Waals surface area contributed by atoms with Crippen LogP contribution >= 0.6 is 0 Å². The van der Waals surface area contributed by atoms with Gasteiger partial charge in [-0.05, 0) is 25.7 Å². The van der Waals surface area contributed by atoms with Crippen molar-refractivity contribution in [2.24, 2.45) is 5.73 Å². The smallest absolute Gasteiger partial charge is 0.226 e. The van der Waals surface area contributed by atoms with Crippen molar-refractivity contribution in [3.05, 3.63) is 11.7 Å². The van der Waals surface area contributed by atoms with Crippen molar-refractivity contribution in [2.75, 3.05) is 7.11 Å². The van der Waals surface area contributed by atoms with E-state index in [1.165, 1.54) is 0 Å². The molecule has 1 fully saturated rings. The Balaban J connectivity index is 2.16. The van der Waals surface area contributed by atoms with Crippen molar-refractivity contribution in [3.63, 3.8) is 0 Å². The SMILES string of the molecule is CCc1nc(C2(N)CCCC(OC)C2)no1. The highest BCUT2D eigenvalue weighted by Crippen LogP contribution is 2.34. The number of hydrogen-bond donors (Lipinski definition) is 1. The Morgan fingerprint density at radius 3 is 3.06 bits per heavy atom. The molecule has 0 aromatic carbocycles. The van der Waals surface area contributed by atoms with Crippen molar-refractivity contribution >= 4 is 0 Å². The zero-order valence-electron chi connectivity index (χ0n) is 9.90. The lowest BCUT2D eigenvalue weighted by molar-refractivity contribution is 0.0379. The molecule has 0 radical (unpaired) electrons. The second-order valence-corrected chi connectivity index (χ2v) is 4.48. The minimum Gasteiger partial charge on any atom is -0.381 e. The lowest BCUT2D eigenvalue weighted by Crippen LogP contribution is -2.44. The summed E-state index contributed by atoms with van der Waals surface area (Å²) in [6.07, 6.45) is 4.74. The van der Waals surface area contributed by atoms with E-state index in [0.29, 0.717) is 11.7 Å². The number of methoxy groups -OCH3 is 1. The van der Waals surface area contributed by atoms with Crippen LogP contribution in [0.4, 0.5) is 0 Å². The van der Waals surface area contributed by atoms with Crippen LogP contribution < -0.4 is 5.73 Å². The summed E-state index contributed by atoms with van der Waals surface area (Å²) in [7, 11) is 1.73. The van der Waals surface area contributed by atoms with Crippen LogP contribution in [0, 0.1) is 0 Å². The molecule has 1 aliphatic carbocycles. The number of aryl methyl sites for hydroxylation is 1. The number of aromatic nitrogens is 2. The van der Waals surface area contributed by atoms with Crippen LogP contribution in [0.5, 0.6) is 0 Å². The van der Waals surface area contributed by atoms with Crippen molar-refractivity contribution in [1.82, 2.24) is 10.1 Å². The number of nitrogens with two attached hydrogens (primary N) is 1. The van der Waals surface area contributed by atoms with Gasteiger partial charge >= 0.3 is 0 Å². The van der Waals surface area contributed by atoms with E-state index >= 15 is 0 Å². The highest BCUT2D eigenvalue weighted by Gasteiger charge is 2.38. The van der Waals surface area contributed by atoms with Gasteiger partial charge in [0.05, 0.1) is 11.6 Å². The van der Waals surface area contributed by atoms with E-state index < -0.39 is 5.54 Å². The zero-order chi connectivity index (χ0) is 11.6. The summed E-state index contributed by atoms with van der Waals surface area (Å²) in [5, 5.41) is 3.98. The van der Waals surface area contributed by atoms with Gasteiger partial charge in [-0.1, -0.05) is 12.1 Å². The maximum atomic E-state index is 6.35. The van der Waals surface area contributed by atoms with E-state index in [0.717, 1.165) is 32.1 Å². The van der Waals surface area contributed by atoms with Gasteiger partial charge in [-0.15, -0.1) is 0 Å². The Kier molecular flexibility index (Phi) is 3.25. The van der Waals surface area contributed by atoms with Gasteiger partial charge in [-0.25, -0.2) is 0 Å². The van der Waals surface area contributed by atoms with E-state index in [4.69, 9.17) is 15.0 Å². The molecule has 2 N–H and O–H groups in total. The molecule has 1 heterocycles. The standard InChI is InChI=1S/C11H19N3O2/c1-3-9-13-10(14-16-9)11(12)6-4-5-8(7-11)15-2/h8H,3-7,12H2,1-2H3. The Hall–Kier alpha value is -0.940. The summed E-state index contributed by atoms with van der Waals surface area (Å²) in [4.78, 5) is 4.33. The first-order valence-electron chi connectivity index (χ1n) is 5.82. The van der Waals surface area contributed by atoms with Crippen LogP contribution in [0.15, 0.2) is 4.52 Å². The molecule has 0 bridgehead atoms. The maximum absolute atomic E-state index is 6.35. The van der Waals surface area contributed by atoms with Gasteiger partial charge in [0.1, 0.15) is 0 Å². The lowest BCUT2D eigenvalue weighted by Gasteiger charge is -2.34. The third-order valence-corrected chi connectivity index (χ3v) is 3.29. The van der Waals surface area contributed by atoms with Gasteiger partial charge in [0.15, 0.2) is 5.82 Å². The van der Waals surface area contributed by atoms with Crippen LogP contribution in [0.3, 0.4) is 0 Å². The molecule has 90 valence electrons. The number of hydrogen-bond acceptors (Lipinski definition) is 5. The first-order chi connectivity index (χ1) is 7.68. The van der Waals surface area contributed by atoms with Gasteiger partial charge in [0.25, 0.3) is 0 Å². The van der Waals surface area contributed by atoms with Crippen LogP contribution in [0.2, 0.25) is 0 Å². The zero-order valence-corrected chi connectivity index (χ0v) is 9.90. The third kappa shape index (κ3) is 2.10. The second kappa shape index (κ2) is 4.51.